The molecule has 0 radical (unpaired) electrons. The first-order valence-corrected chi connectivity index (χ1v) is 10.2. The summed E-state index contributed by atoms with van der Waals surface area (Å²) in [4.78, 5) is 23.9. The van der Waals surface area contributed by atoms with Crippen molar-refractivity contribution in [1.29, 1.82) is 0 Å². The van der Waals surface area contributed by atoms with Crippen molar-refractivity contribution in [3.63, 3.8) is 0 Å². The summed E-state index contributed by atoms with van der Waals surface area (Å²) in [5, 5.41) is 13.5. The summed E-state index contributed by atoms with van der Waals surface area (Å²) in [5.74, 6) is 1.07. The van der Waals surface area contributed by atoms with Crippen molar-refractivity contribution in [3.8, 4) is 11.6 Å². The quantitative estimate of drug-likeness (QED) is 0.654. The van der Waals surface area contributed by atoms with Crippen LogP contribution in [0.25, 0.3) is 5.82 Å². The van der Waals surface area contributed by atoms with E-state index in [1.165, 1.54) is 36.2 Å². The summed E-state index contributed by atoms with van der Waals surface area (Å²) in [5.41, 5.74) is 1.78. The van der Waals surface area contributed by atoms with Crippen LogP contribution < -0.4 is 15.6 Å². The standard InChI is InChI=1S/C22H25N5O3/c1-15-19(14-24-27(15)20-10-11-21(28)26-25-20)22(29)23-13-16-6-5-9-18(12-16)30-17-7-3-2-4-8-17/h5-6,9-12,14,17H,2-4,7-8,13H2,1H3,(H,23,29)(H,26,28). The molecule has 2 N–H and O–H groups in total. The van der Waals surface area contributed by atoms with Gasteiger partial charge in [-0.3, -0.25) is 9.59 Å². The average Bonchev–Trinajstić information content (AvgIpc) is 3.15. The van der Waals surface area contributed by atoms with E-state index >= 15 is 0 Å². The second kappa shape index (κ2) is 8.94. The van der Waals surface area contributed by atoms with Gasteiger partial charge >= 0.3 is 0 Å². The third-order valence-corrected chi connectivity index (χ3v) is 5.34. The smallest absolute Gasteiger partial charge is 0.264 e. The zero-order chi connectivity index (χ0) is 20.9. The highest BCUT2D eigenvalue weighted by Crippen LogP contribution is 2.24. The Bertz CT molecular complexity index is 1060. The van der Waals surface area contributed by atoms with Crippen LogP contribution in [0.4, 0.5) is 0 Å². The minimum atomic E-state index is -0.295. The van der Waals surface area contributed by atoms with Crippen molar-refractivity contribution >= 4 is 5.91 Å². The topological polar surface area (TPSA) is 102 Å². The van der Waals surface area contributed by atoms with E-state index < -0.39 is 0 Å². The first-order chi connectivity index (χ1) is 14.6. The van der Waals surface area contributed by atoms with Crippen LogP contribution in [0.2, 0.25) is 0 Å². The molecule has 2 aromatic heterocycles. The van der Waals surface area contributed by atoms with Crippen LogP contribution in [0, 0.1) is 6.92 Å². The zero-order valence-corrected chi connectivity index (χ0v) is 16.9. The van der Waals surface area contributed by atoms with Gasteiger partial charge in [0.15, 0.2) is 5.82 Å². The molecule has 2 heterocycles. The molecule has 1 amide bonds. The van der Waals surface area contributed by atoms with Crippen molar-refractivity contribution in [2.24, 2.45) is 0 Å². The third kappa shape index (κ3) is 4.59. The molecule has 3 aromatic rings. The second-order valence-corrected chi connectivity index (χ2v) is 7.54. The van der Waals surface area contributed by atoms with Crippen LogP contribution in [0.1, 0.15) is 53.7 Å². The van der Waals surface area contributed by atoms with Crippen molar-refractivity contribution in [3.05, 3.63) is 69.8 Å². The SMILES string of the molecule is Cc1c(C(=O)NCc2cccc(OC3CCCCC3)c2)cnn1-c1ccc(=O)[nH]n1. The number of hydrogen-bond acceptors (Lipinski definition) is 5. The molecule has 8 heteroatoms. The predicted octanol–water partition coefficient (Wildman–Crippen LogP) is 2.91. The number of benzene rings is 1. The molecule has 0 spiro atoms. The van der Waals surface area contributed by atoms with Gasteiger partial charge in [0.2, 0.25) is 0 Å². The molecule has 156 valence electrons. The molecule has 30 heavy (non-hydrogen) atoms. The van der Waals surface area contributed by atoms with Crippen LogP contribution in [-0.2, 0) is 6.54 Å². The van der Waals surface area contributed by atoms with Crippen molar-refractivity contribution in [1.82, 2.24) is 25.3 Å². The van der Waals surface area contributed by atoms with Gasteiger partial charge < -0.3 is 10.1 Å². The van der Waals surface area contributed by atoms with Crippen LogP contribution in [0.15, 0.2) is 47.4 Å². The first-order valence-electron chi connectivity index (χ1n) is 10.2. The van der Waals surface area contributed by atoms with Crippen LogP contribution in [0.3, 0.4) is 0 Å². The number of H-pyrrole nitrogens is 1. The molecule has 8 nitrogen and oxygen atoms in total. The largest absolute Gasteiger partial charge is 0.490 e. The maximum absolute atomic E-state index is 12.7. The van der Waals surface area contributed by atoms with Crippen molar-refractivity contribution < 1.29 is 9.53 Å². The lowest BCUT2D eigenvalue weighted by molar-refractivity contribution is 0.0950. The Morgan fingerprint density at radius 2 is 2.07 bits per heavy atom. The molecular formula is C22H25N5O3. The minimum Gasteiger partial charge on any atom is -0.490 e. The Morgan fingerprint density at radius 3 is 2.83 bits per heavy atom. The monoisotopic (exact) mass is 407 g/mol. The molecule has 1 saturated carbocycles. The maximum Gasteiger partial charge on any atom is 0.264 e. The molecule has 1 aliphatic carbocycles. The van der Waals surface area contributed by atoms with Crippen LogP contribution in [-0.4, -0.2) is 32.0 Å². The van der Waals surface area contributed by atoms with E-state index in [0.717, 1.165) is 24.2 Å². The second-order valence-electron chi connectivity index (χ2n) is 7.54. The van der Waals surface area contributed by atoms with Crippen LogP contribution in [0.5, 0.6) is 5.75 Å². The fourth-order valence-electron chi connectivity index (χ4n) is 3.70. The summed E-state index contributed by atoms with van der Waals surface area (Å²) < 4.78 is 7.63. The molecule has 0 saturated heterocycles. The Labute approximate surface area is 174 Å². The van der Waals surface area contributed by atoms with E-state index in [4.69, 9.17) is 4.74 Å². The molecule has 0 aliphatic heterocycles. The van der Waals surface area contributed by atoms with E-state index in [2.05, 4.69) is 20.6 Å². The van der Waals surface area contributed by atoms with E-state index in [9.17, 15) is 9.59 Å². The highest BCUT2D eigenvalue weighted by atomic mass is 16.5. The number of aromatic amines is 1. The Balaban J connectivity index is 1.39. The summed E-state index contributed by atoms with van der Waals surface area (Å²) in [7, 11) is 0. The van der Waals surface area contributed by atoms with Gasteiger partial charge in [-0.15, -0.1) is 0 Å². The van der Waals surface area contributed by atoms with Crippen LogP contribution >= 0.6 is 0 Å². The summed E-state index contributed by atoms with van der Waals surface area (Å²) in [6, 6.07) is 10.8. The van der Waals surface area contributed by atoms with Gasteiger partial charge in [-0.25, -0.2) is 9.78 Å². The van der Waals surface area contributed by atoms with Gasteiger partial charge in [-0.1, -0.05) is 18.6 Å². The van der Waals surface area contributed by atoms with Gasteiger partial charge in [-0.05, 0) is 56.4 Å². The minimum absolute atomic E-state index is 0.221. The maximum atomic E-state index is 12.7. The summed E-state index contributed by atoms with van der Waals surface area (Å²) in [6.45, 7) is 2.18. The molecule has 1 fully saturated rings. The van der Waals surface area contributed by atoms with E-state index in [0.29, 0.717) is 29.7 Å². The normalized spacial score (nSPS) is 14.4. The third-order valence-electron chi connectivity index (χ3n) is 5.34. The summed E-state index contributed by atoms with van der Waals surface area (Å²) in [6.07, 6.45) is 7.74. The summed E-state index contributed by atoms with van der Waals surface area (Å²) >= 11 is 0. The number of amides is 1. The Morgan fingerprint density at radius 1 is 1.23 bits per heavy atom. The zero-order valence-electron chi connectivity index (χ0n) is 16.9. The molecule has 0 bridgehead atoms. The number of ether oxygens (including phenoxy) is 1. The lowest BCUT2D eigenvalue weighted by Gasteiger charge is -2.23. The number of aromatic nitrogens is 4. The highest BCUT2D eigenvalue weighted by molar-refractivity contribution is 5.95. The average molecular weight is 407 g/mol. The number of nitrogens with one attached hydrogen (secondary N) is 2. The lowest BCUT2D eigenvalue weighted by atomic mass is 9.98. The Hall–Kier alpha value is -3.42. The van der Waals surface area contributed by atoms with Gasteiger partial charge in [-0.2, -0.15) is 10.2 Å². The number of carbonyl (C=O) groups excluding carboxylic acids is 1. The van der Waals surface area contributed by atoms with E-state index in [-0.39, 0.29) is 11.5 Å². The predicted molar refractivity (Wildman–Crippen MR) is 112 cm³/mol. The number of hydrogen-bond donors (Lipinski definition) is 2. The van der Waals surface area contributed by atoms with Crippen molar-refractivity contribution in [2.45, 2.75) is 51.7 Å². The highest BCUT2D eigenvalue weighted by Gasteiger charge is 2.17. The first kappa shape index (κ1) is 19.9. The van der Waals surface area contributed by atoms with Gasteiger partial charge in [0.25, 0.3) is 11.5 Å². The molecule has 1 aliphatic rings. The Kier molecular flexibility index (Phi) is 5.92. The van der Waals surface area contributed by atoms with Gasteiger partial charge in [0, 0.05) is 12.6 Å². The van der Waals surface area contributed by atoms with Crippen molar-refractivity contribution in [2.75, 3.05) is 0 Å². The van der Waals surface area contributed by atoms with E-state index in [1.54, 1.807) is 13.0 Å². The van der Waals surface area contributed by atoms with E-state index in [1.807, 2.05) is 24.3 Å². The van der Waals surface area contributed by atoms with Gasteiger partial charge in [0.1, 0.15) is 5.75 Å². The lowest BCUT2D eigenvalue weighted by Crippen LogP contribution is -2.23. The number of carbonyl (C=O) groups is 1. The number of rotatable bonds is 6. The number of nitrogens with zero attached hydrogens (tertiary/aromatic N) is 3. The molecule has 0 unspecified atom stereocenters. The molecule has 1 aromatic carbocycles. The fraction of sp³-hybridized carbons (Fsp3) is 0.364. The molecule has 4 rings (SSSR count). The molecular weight excluding hydrogens is 382 g/mol. The van der Waals surface area contributed by atoms with Gasteiger partial charge in [0.05, 0.1) is 23.6 Å². The fourth-order valence-corrected chi connectivity index (χ4v) is 3.70. The molecule has 0 atom stereocenters.